The van der Waals surface area contributed by atoms with Crippen LogP contribution in [0.3, 0.4) is 0 Å². The first-order valence-electron chi connectivity index (χ1n) is 12.2. The summed E-state index contributed by atoms with van der Waals surface area (Å²) in [4.78, 5) is 19.1. The Morgan fingerprint density at radius 1 is 1.00 bits per heavy atom. The molecule has 38 heavy (non-hydrogen) atoms. The molecular formula is C30H23ClN4O2S. The number of rotatable bonds is 7. The number of hydrogen-bond acceptors (Lipinski definition) is 4. The maximum Gasteiger partial charge on any atom is 0.283 e. The predicted octanol–water partition coefficient (Wildman–Crippen LogP) is 7.07. The fourth-order valence-corrected chi connectivity index (χ4v) is 5.62. The van der Waals surface area contributed by atoms with Crippen LogP contribution in [0.4, 0.5) is 0 Å². The summed E-state index contributed by atoms with van der Waals surface area (Å²) >= 11 is 7.31. The first kappa shape index (κ1) is 24.3. The Labute approximate surface area is 229 Å². The highest BCUT2D eigenvalue weighted by atomic mass is 35.5. The molecule has 1 aromatic heterocycles. The summed E-state index contributed by atoms with van der Waals surface area (Å²) in [5.74, 6) is 0.522. The van der Waals surface area contributed by atoms with Gasteiger partial charge in [-0.2, -0.15) is 4.99 Å². The molecular weight excluding hydrogens is 516 g/mol. The maximum atomic E-state index is 13.0. The average molecular weight is 539 g/mol. The van der Waals surface area contributed by atoms with E-state index in [0.717, 1.165) is 46.4 Å². The van der Waals surface area contributed by atoms with Gasteiger partial charge >= 0.3 is 0 Å². The quantitative estimate of drug-likeness (QED) is 0.202. The molecule has 0 saturated carbocycles. The van der Waals surface area contributed by atoms with Gasteiger partial charge < -0.3 is 9.30 Å². The van der Waals surface area contributed by atoms with Gasteiger partial charge in [0.15, 0.2) is 5.17 Å². The van der Waals surface area contributed by atoms with Crippen molar-refractivity contribution in [1.82, 2.24) is 9.47 Å². The topological polar surface area (TPSA) is 70.7 Å². The number of carbonyl (C=O) groups is 1. The number of thioether (sulfide) groups is 1. The predicted molar refractivity (Wildman–Crippen MR) is 155 cm³/mol. The van der Waals surface area contributed by atoms with Crippen molar-refractivity contribution in [3.05, 3.63) is 112 Å². The highest BCUT2D eigenvalue weighted by Crippen LogP contribution is 2.37. The van der Waals surface area contributed by atoms with Crippen LogP contribution in [-0.4, -0.2) is 33.0 Å². The molecule has 0 saturated heterocycles. The molecule has 0 aliphatic carbocycles. The normalized spacial score (nSPS) is 16.1. The summed E-state index contributed by atoms with van der Waals surface area (Å²) < 4.78 is 8.02. The van der Waals surface area contributed by atoms with Crippen molar-refractivity contribution in [2.75, 3.05) is 6.61 Å². The van der Waals surface area contributed by atoms with Crippen molar-refractivity contribution < 1.29 is 9.53 Å². The van der Waals surface area contributed by atoms with Crippen LogP contribution in [-0.2, 0) is 11.3 Å². The minimum absolute atomic E-state index is 0.133. The van der Waals surface area contributed by atoms with Crippen LogP contribution in [0.25, 0.3) is 22.7 Å². The molecule has 0 atom stereocenters. The lowest BCUT2D eigenvalue weighted by Gasteiger charge is -2.26. The summed E-state index contributed by atoms with van der Waals surface area (Å²) in [6, 6.07) is 25.3. The number of aromatic nitrogens is 1. The van der Waals surface area contributed by atoms with Gasteiger partial charge in [0.1, 0.15) is 11.6 Å². The van der Waals surface area contributed by atoms with E-state index >= 15 is 0 Å². The number of amidine groups is 2. The number of carbonyl (C=O) groups excluding carboxylic acids is 1. The molecule has 0 bridgehead atoms. The van der Waals surface area contributed by atoms with Crippen LogP contribution in [0, 0.1) is 5.41 Å². The van der Waals surface area contributed by atoms with Gasteiger partial charge in [-0.05, 0) is 48.4 Å². The number of aryl methyl sites for hydroxylation is 1. The lowest BCUT2D eigenvalue weighted by Crippen LogP contribution is -2.37. The van der Waals surface area contributed by atoms with Crippen LogP contribution in [0.5, 0.6) is 5.75 Å². The van der Waals surface area contributed by atoms with Gasteiger partial charge in [0.05, 0.1) is 17.9 Å². The number of aliphatic imine (C=N–C) groups is 1. The molecule has 6 nitrogen and oxygen atoms in total. The van der Waals surface area contributed by atoms with Crippen molar-refractivity contribution in [1.29, 1.82) is 5.41 Å². The number of ether oxygens (including phenoxy) is 1. The Morgan fingerprint density at radius 3 is 2.58 bits per heavy atom. The minimum Gasteiger partial charge on any atom is -0.494 e. The SMILES string of the molecule is N=C1/C(=C\c2cn(CCCOc3ccc(Cl)cc3)c3ccccc23)C(=O)N=C2SC=C(c3ccccc3)N12. The number of amides is 1. The molecule has 0 spiro atoms. The first-order chi connectivity index (χ1) is 18.6. The zero-order valence-electron chi connectivity index (χ0n) is 20.3. The number of fused-ring (bicyclic) bond motifs is 2. The average Bonchev–Trinajstić information content (AvgIpc) is 3.52. The number of para-hydroxylation sites is 1. The van der Waals surface area contributed by atoms with E-state index < -0.39 is 5.91 Å². The summed E-state index contributed by atoms with van der Waals surface area (Å²) in [5, 5.41) is 13.1. The third-order valence-corrected chi connectivity index (χ3v) is 7.51. The molecule has 8 heteroatoms. The summed E-state index contributed by atoms with van der Waals surface area (Å²) in [6.45, 7) is 1.31. The highest BCUT2D eigenvalue weighted by molar-refractivity contribution is 8.17. The second kappa shape index (κ2) is 10.4. The van der Waals surface area contributed by atoms with Gasteiger partial charge in [-0.3, -0.25) is 15.1 Å². The third-order valence-electron chi connectivity index (χ3n) is 6.43. The van der Waals surface area contributed by atoms with Crippen LogP contribution < -0.4 is 4.74 Å². The van der Waals surface area contributed by atoms with E-state index in [-0.39, 0.29) is 11.4 Å². The Morgan fingerprint density at radius 2 is 1.76 bits per heavy atom. The van der Waals surface area contributed by atoms with Gasteiger partial charge in [0, 0.05) is 39.6 Å². The zero-order chi connectivity index (χ0) is 26.1. The van der Waals surface area contributed by atoms with Gasteiger partial charge in [0.2, 0.25) is 0 Å². The number of nitrogens with one attached hydrogen (secondary N) is 1. The molecule has 3 aromatic carbocycles. The van der Waals surface area contributed by atoms with E-state index in [1.807, 2.05) is 84.4 Å². The Kier molecular flexibility index (Phi) is 6.62. The number of halogens is 1. The molecule has 4 aromatic rings. The van der Waals surface area contributed by atoms with E-state index in [1.165, 1.54) is 11.8 Å². The second-order valence-corrected chi connectivity index (χ2v) is 10.2. The van der Waals surface area contributed by atoms with Crippen molar-refractivity contribution in [2.24, 2.45) is 4.99 Å². The number of nitrogens with zero attached hydrogens (tertiary/aromatic N) is 3. The van der Waals surface area contributed by atoms with E-state index in [9.17, 15) is 4.79 Å². The fourth-order valence-electron chi connectivity index (χ4n) is 4.60. The monoisotopic (exact) mass is 538 g/mol. The van der Waals surface area contributed by atoms with Crippen LogP contribution in [0.1, 0.15) is 17.5 Å². The third kappa shape index (κ3) is 4.66. The lowest BCUT2D eigenvalue weighted by molar-refractivity contribution is -0.114. The number of benzene rings is 3. The second-order valence-electron chi connectivity index (χ2n) is 8.88. The van der Waals surface area contributed by atoms with Gasteiger partial charge in [0.25, 0.3) is 5.91 Å². The Bertz CT molecular complexity index is 1640. The molecule has 0 fully saturated rings. The molecule has 2 aliphatic rings. The first-order valence-corrected chi connectivity index (χ1v) is 13.5. The zero-order valence-corrected chi connectivity index (χ0v) is 21.9. The lowest BCUT2D eigenvalue weighted by atomic mass is 10.1. The standard InChI is InChI=1S/C30H23ClN4O2S/c31-22-11-13-23(14-12-22)37-16-6-15-34-18-21(24-9-4-5-10-26(24)34)17-25-28(32)35-27(20-7-2-1-3-8-20)19-38-30(35)33-29(25)36/h1-5,7-14,17-19,32H,6,15-16H2/b25-17+,32-28?. The molecule has 0 unspecified atom stereocenters. The van der Waals surface area contributed by atoms with Gasteiger partial charge in [-0.25, -0.2) is 0 Å². The summed E-state index contributed by atoms with van der Waals surface area (Å²) in [6.07, 6.45) is 4.63. The van der Waals surface area contributed by atoms with Crippen LogP contribution >= 0.6 is 23.4 Å². The largest absolute Gasteiger partial charge is 0.494 e. The van der Waals surface area contributed by atoms with Gasteiger partial charge in [-0.15, -0.1) is 0 Å². The van der Waals surface area contributed by atoms with Crippen molar-refractivity contribution >= 4 is 62.9 Å². The molecule has 3 heterocycles. The highest BCUT2D eigenvalue weighted by Gasteiger charge is 2.36. The maximum absolute atomic E-state index is 13.0. The minimum atomic E-state index is -0.398. The molecule has 0 radical (unpaired) electrons. The van der Waals surface area contributed by atoms with Crippen LogP contribution in [0.15, 0.2) is 101 Å². The van der Waals surface area contributed by atoms with Crippen molar-refractivity contribution in [3.8, 4) is 5.75 Å². The van der Waals surface area contributed by atoms with Crippen molar-refractivity contribution in [2.45, 2.75) is 13.0 Å². The molecule has 1 N–H and O–H groups in total. The summed E-state index contributed by atoms with van der Waals surface area (Å²) in [5.41, 5.74) is 4.03. The number of hydrogen-bond donors (Lipinski definition) is 1. The smallest absolute Gasteiger partial charge is 0.283 e. The molecule has 188 valence electrons. The van der Waals surface area contributed by atoms with E-state index in [2.05, 4.69) is 15.6 Å². The Balaban J connectivity index is 1.25. The molecule has 6 rings (SSSR count). The molecule has 1 amide bonds. The molecule has 2 aliphatic heterocycles. The fraction of sp³-hybridized carbons (Fsp3) is 0.100. The van der Waals surface area contributed by atoms with Crippen LogP contribution in [0.2, 0.25) is 5.02 Å². The van der Waals surface area contributed by atoms with Crippen molar-refractivity contribution in [3.63, 3.8) is 0 Å². The van der Waals surface area contributed by atoms with E-state index in [1.54, 1.807) is 11.0 Å². The summed E-state index contributed by atoms with van der Waals surface area (Å²) in [7, 11) is 0. The van der Waals surface area contributed by atoms with E-state index in [4.69, 9.17) is 21.7 Å². The Hall–Kier alpha value is -4.07. The van der Waals surface area contributed by atoms with Gasteiger partial charge in [-0.1, -0.05) is 71.9 Å². The van der Waals surface area contributed by atoms with E-state index in [0.29, 0.717) is 16.8 Å².